The van der Waals surface area contributed by atoms with E-state index in [1.54, 1.807) is 6.92 Å². The fourth-order valence-electron chi connectivity index (χ4n) is 2.54. The minimum absolute atomic E-state index is 0.0527. The van der Waals surface area contributed by atoms with Crippen molar-refractivity contribution in [3.05, 3.63) is 17.8 Å². The zero-order valence-electron chi connectivity index (χ0n) is 12.7. The highest BCUT2D eigenvalue weighted by Gasteiger charge is 2.43. The number of aromatic nitrogens is 2. The number of nitrogens with zero attached hydrogens (tertiary/aromatic N) is 3. The zero-order chi connectivity index (χ0) is 17.0. The fourth-order valence-corrected chi connectivity index (χ4v) is 2.54. The second-order valence-corrected chi connectivity index (χ2v) is 5.45. The van der Waals surface area contributed by atoms with E-state index in [2.05, 4.69) is 15.3 Å². The van der Waals surface area contributed by atoms with Crippen LogP contribution in [0.3, 0.4) is 0 Å². The van der Waals surface area contributed by atoms with E-state index < -0.39 is 17.9 Å². The number of anilines is 1. The van der Waals surface area contributed by atoms with Crippen LogP contribution in [-0.2, 0) is 11.2 Å². The molecule has 0 atom stereocenters. The molecule has 2 heterocycles. The average molecular weight is 334 g/mol. The number of nitrogens with one attached hydrogen (secondary N) is 1. The monoisotopic (exact) mass is 334 g/mol. The summed E-state index contributed by atoms with van der Waals surface area (Å²) in [5.41, 5.74) is 0.313. The number of carbonyl (C=O) groups is 1. The highest BCUT2D eigenvalue weighted by Crippen LogP contribution is 2.24. The number of halogens is 4. The standard InChI is InChI=1S/C14H18F4N4O/c1-2-10-11(15)12(21-8-20-10)19-7-9-3-5-22(6-4-9)13(23)14(16,17)18/h8-9H,2-7H2,1H3,(H,19,20,21). The van der Waals surface area contributed by atoms with Gasteiger partial charge in [-0.2, -0.15) is 13.2 Å². The highest BCUT2D eigenvalue weighted by atomic mass is 19.4. The SMILES string of the molecule is CCc1ncnc(NCC2CCN(C(=O)C(F)(F)F)CC2)c1F. The van der Waals surface area contributed by atoms with Crippen molar-refractivity contribution in [2.24, 2.45) is 5.92 Å². The predicted molar refractivity (Wildman–Crippen MR) is 75.2 cm³/mol. The van der Waals surface area contributed by atoms with Gasteiger partial charge in [0.1, 0.15) is 6.33 Å². The van der Waals surface area contributed by atoms with Crippen LogP contribution in [0.25, 0.3) is 0 Å². The van der Waals surface area contributed by atoms with Crippen molar-refractivity contribution < 1.29 is 22.4 Å². The third-order valence-corrected chi connectivity index (χ3v) is 3.90. The summed E-state index contributed by atoms with van der Waals surface area (Å²) in [6.07, 6.45) is -2.24. The Labute approximate surface area is 131 Å². The predicted octanol–water partition coefficient (Wildman–Crippen LogP) is 2.39. The quantitative estimate of drug-likeness (QED) is 0.859. The first kappa shape index (κ1) is 17.4. The molecule has 0 aromatic carbocycles. The van der Waals surface area contributed by atoms with E-state index in [0.717, 1.165) is 4.90 Å². The molecule has 128 valence electrons. The molecule has 1 aliphatic heterocycles. The molecule has 23 heavy (non-hydrogen) atoms. The Bertz CT molecular complexity index is 556. The van der Waals surface area contributed by atoms with Crippen molar-refractivity contribution >= 4 is 11.7 Å². The fraction of sp³-hybridized carbons (Fsp3) is 0.643. The molecule has 1 N–H and O–H groups in total. The molecule has 1 aromatic heterocycles. The van der Waals surface area contributed by atoms with Crippen LogP contribution < -0.4 is 5.32 Å². The molecule has 0 unspecified atom stereocenters. The van der Waals surface area contributed by atoms with Gasteiger partial charge in [0.25, 0.3) is 0 Å². The van der Waals surface area contributed by atoms with Gasteiger partial charge in [-0.3, -0.25) is 4.79 Å². The van der Waals surface area contributed by atoms with Gasteiger partial charge in [-0.25, -0.2) is 14.4 Å². The van der Waals surface area contributed by atoms with Crippen LogP contribution in [-0.4, -0.2) is 46.6 Å². The molecular formula is C14H18F4N4O. The molecule has 1 aliphatic rings. The number of carbonyl (C=O) groups excluding carboxylic acids is 1. The molecule has 1 aromatic rings. The average Bonchev–Trinajstić information content (AvgIpc) is 2.53. The molecule has 1 fully saturated rings. The summed E-state index contributed by atoms with van der Waals surface area (Å²) in [6, 6.07) is 0. The summed E-state index contributed by atoms with van der Waals surface area (Å²) in [6.45, 7) is 2.28. The Balaban J connectivity index is 1.85. The van der Waals surface area contributed by atoms with E-state index in [9.17, 15) is 22.4 Å². The van der Waals surface area contributed by atoms with Crippen LogP contribution in [0.15, 0.2) is 6.33 Å². The van der Waals surface area contributed by atoms with E-state index in [4.69, 9.17) is 0 Å². The molecule has 2 rings (SSSR count). The normalized spacial score (nSPS) is 16.5. The smallest absolute Gasteiger partial charge is 0.367 e. The Morgan fingerprint density at radius 2 is 2.00 bits per heavy atom. The van der Waals surface area contributed by atoms with E-state index >= 15 is 0 Å². The summed E-state index contributed by atoms with van der Waals surface area (Å²) in [5.74, 6) is -2.13. The Morgan fingerprint density at radius 1 is 1.35 bits per heavy atom. The number of rotatable bonds is 4. The van der Waals surface area contributed by atoms with Gasteiger partial charge in [-0.1, -0.05) is 6.92 Å². The molecule has 0 aliphatic carbocycles. The number of amides is 1. The van der Waals surface area contributed by atoms with Gasteiger partial charge in [0.05, 0.1) is 5.69 Å². The van der Waals surface area contributed by atoms with Gasteiger partial charge < -0.3 is 10.2 Å². The molecule has 0 bridgehead atoms. The third kappa shape index (κ3) is 4.29. The van der Waals surface area contributed by atoms with Crippen molar-refractivity contribution in [2.75, 3.05) is 25.0 Å². The van der Waals surface area contributed by atoms with Crippen molar-refractivity contribution in [1.82, 2.24) is 14.9 Å². The topological polar surface area (TPSA) is 58.1 Å². The molecule has 0 radical (unpaired) electrons. The maximum Gasteiger partial charge on any atom is 0.471 e. The maximum absolute atomic E-state index is 14.0. The second-order valence-electron chi connectivity index (χ2n) is 5.45. The lowest BCUT2D eigenvalue weighted by molar-refractivity contribution is -0.186. The van der Waals surface area contributed by atoms with Crippen LogP contribution in [0.4, 0.5) is 23.4 Å². The van der Waals surface area contributed by atoms with E-state index in [1.807, 2.05) is 0 Å². The summed E-state index contributed by atoms with van der Waals surface area (Å²) < 4.78 is 51.0. The van der Waals surface area contributed by atoms with E-state index in [0.29, 0.717) is 31.5 Å². The highest BCUT2D eigenvalue weighted by molar-refractivity contribution is 5.81. The van der Waals surface area contributed by atoms with Crippen molar-refractivity contribution in [3.63, 3.8) is 0 Å². The second kappa shape index (κ2) is 7.10. The number of hydrogen-bond acceptors (Lipinski definition) is 4. The lowest BCUT2D eigenvalue weighted by atomic mass is 9.96. The van der Waals surface area contributed by atoms with Crippen molar-refractivity contribution in [1.29, 1.82) is 0 Å². The van der Waals surface area contributed by atoms with Crippen LogP contribution in [0, 0.1) is 11.7 Å². The first-order valence-corrected chi connectivity index (χ1v) is 7.42. The number of aryl methyl sites for hydroxylation is 1. The van der Waals surface area contributed by atoms with Crippen LogP contribution >= 0.6 is 0 Å². The number of hydrogen-bond donors (Lipinski definition) is 1. The van der Waals surface area contributed by atoms with Gasteiger partial charge in [0.2, 0.25) is 0 Å². The van der Waals surface area contributed by atoms with E-state index in [1.165, 1.54) is 6.33 Å². The van der Waals surface area contributed by atoms with Gasteiger partial charge in [0, 0.05) is 19.6 Å². The summed E-state index contributed by atoms with van der Waals surface area (Å²) in [4.78, 5) is 19.6. The first-order chi connectivity index (χ1) is 10.8. The lowest BCUT2D eigenvalue weighted by Crippen LogP contribution is -2.46. The summed E-state index contributed by atoms with van der Waals surface area (Å²) in [7, 11) is 0. The molecule has 0 saturated carbocycles. The first-order valence-electron chi connectivity index (χ1n) is 7.42. The summed E-state index contributed by atoms with van der Waals surface area (Å²) >= 11 is 0. The van der Waals surface area contributed by atoms with Gasteiger partial charge in [-0.15, -0.1) is 0 Å². The largest absolute Gasteiger partial charge is 0.471 e. The molecule has 9 heteroatoms. The molecule has 5 nitrogen and oxygen atoms in total. The molecule has 1 amide bonds. The molecule has 1 saturated heterocycles. The maximum atomic E-state index is 14.0. The van der Waals surface area contributed by atoms with Crippen LogP contribution in [0.5, 0.6) is 0 Å². The van der Waals surface area contributed by atoms with Gasteiger partial charge >= 0.3 is 12.1 Å². The number of alkyl halides is 3. The Hall–Kier alpha value is -1.93. The number of piperidine rings is 1. The lowest BCUT2D eigenvalue weighted by Gasteiger charge is -2.32. The van der Waals surface area contributed by atoms with Crippen LogP contribution in [0.2, 0.25) is 0 Å². The Kier molecular flexibility index (Phi) is 5.38. The zero-order valence-corrected chi connectivity index (χ0v) is 12.7. The minimum atomic E-state index is -4.83. The van der Waals surface area contributed by atoms with Crippen LogP contribution in [0.1, 0.15) is 25.5 Å². The Morgan fingerprint density at radius 3 is 2.57 bits per heavy atom. The van der Waals surface area contributed by atoms with Crippen molar-refractivity contribution in [3.8, 4) is 0 Å². The summed E-state index contributed by atoms with van der Waals surface area (Å²) in [5, 5.41) is 2.88. The molecule has 0 spiro atoms. The van der Waals surface area contributed by atoms with E-state index in [-0.39, 0.29) is 24.8 Å². The minimum Gasteiger partial charge on any atom is -0.367 e. The number of likely N-dealkylation sites (tertiary alicyclic amines) is 1. The van der Waals surface area contributed by atoms with Gasteiger partial charge in [-0.05, 0) is 25.2 Å². The van der Waals surface area contributed by atoms with Crippen molar-refractivity contribution in [2.45, 2.75) is 32.4 Å². The van der Waals surface area contributed by atoms with Gasteiger partial charge in [0.15, 0.2) is 11.6 Å². The third-order valence-electron chi connectivity index (χ3n) is 3.90. The molecular weight excluding hydrogens is 316 g/mol.